The molecule has 0 fully saturated rings. The molecule has 1 aromatic carbocycles. The highest BCUT2D eigenvalue weighted by molar-refractivity contribution is 8.01. The predicted octanol–water partition coefficient (Wildman–Crippen LogP) is 3.66. The molecule has 0 saturated heterocycles. The second kappa shape index (κ2) is 4.89. The Kier molecular flexibility index (Phi) is 4.07. The number of hydrogen-bond acceptors (Lipinski definition) is 2. The van der Waals surface area contributed by atoms with E-state index in [0.29, 0.717) is 0 Å². The van der Waals surface area contributed by atoms with Crippen molar-refractivity contribution in [1.82, 2.24) is 0 Å². The fourth-order valence-electron chi connectivity index (χ4n) is 1.03. The molecule has 0 aliphatic carbocycles. The molecule has 0 unspecified atom stereocenters. The summed E-state index contributed by atoms with van der Waals surface area (Å²) in [5, 5.41) is 1.24. The zero-order valence-electron chi connectivity index (χ0n) is 9.33. The first-order chi connectivity index (χ1) is 6.53. The molecular weight excluding hydrogens is 208 g/mol. The van der Waals surface area contributed by atoms with Gasteiger partial charge in [-0.25, -0.2) is 0 Å². The van der Waals surface area contributed by atoms with Gasteiger partial charge < -0.3 is 4.74 Å². The first kappa shape index (κ1) is 11.7. The molecule has 0 N–H and O–H groups in total. The highest BCUT2D eigenvalue weighted by Crippen LogP contribution is 2.30. The van der Waals surface area contributed by atoms with Crippen LogP contribution in [0.3, 0.4) is 0 Å². The summed E-state index contributed by atoms with van der Waals surface area (Å²) in [6.45, 7) is 7.15. The van der Waals surface area contributed by atoms with E-state index in [2.05, 4.69) is 31.8 Å². The van der Waals surface area contributed by atoms with E-state index < -0.39 is 8.07 Å². The monoisotopic (exact) mass is 226 g/mol. The van der Waals surface area contributed by atoms with Gasteiger partial charge in [-0.2, -0.15) is 0 Å². The minimum absolute atomic E-state index is 0.968. The molecule has 0 amide bonds. The first-order valence-electron chi connectivity index (χ1n) is 4.79. The lowest BCUT2D eigenvalue weighted by Gasteiger charge is -2.16. The zero-order valence-corrected chi connectivity index (χ0v) is 11.1. The summed E-state index contributed by atoms with van der Waals surface area (Å²) in [6, 6.07) is 8.22. The number of para-hydroxylation sites is 1. The molecule has 0 spiro atoms. The van der Waals surface area contributed by atoms with Crippen molar-refractivity contribution in [2.45, 2.75) is 24.5 Å². The standard InChI is InChI=1S/C11H18OSSi/c1-12-10-7-5-6-8-11(10)13-9-14(2,3)4/h5-8H,9H2,1-4H3. The van der Waals surface area contributed by atoms with Crippen LogP contribution in [0.2, 0.25) is 19.6 Å². The molecule has 3 heteroatoms. The van der Waals surface area contributed by atoms with E-state index >= 15 is 0 Å². The molecule has 1 nitrogen and oxygen atoms in total. The maximum atomic E-state index is 5.31. The minimum Gasteiger partial charge on any atom is -0.496 e. The number of methoxy groups -OCH3 is 1. The van der Waals surface area contributed by atoms with Gasteiger partial charge in [0.1, 0.15) is 5.75 Å². The molecule has 0 bridgehead atoms. The summed E-state index contributed by atoms with van der Waals surface area (Å²) < 4.78 is 5.31. The van der Waals surface area contributed by atoms with E-state index in [9.17, 15) is 0 Å². The van der Waals surface area contributed by atoms with Gasteiger partial charge in [0.2, 0.25) is 0 Å². The molecular formula is C11H18OSSi. The van der Waals surface area contributed by atoms with E-state index in [1.54, 1.807) is 7.11 Å². The Balaban J connectivity index is 2.67. The maximum absolute atomic E-state index is 5.31. The second-order valence-electron chi connectivity index (χ2n) is 4.50. The smallest absolute Gasteiger partial charge is 0.132 e. The van der Waals surface area contributed by atoms with Crippen LogP contribution in [0.4, 0.5) is 0 Å². The van der Waals surface area contributed by atoms with Crippen LogP contribution in [0.1, 0.15) is 0 Å². The quantitative estimate of drug-likeness (QED) is 0.572. The Bertz CT molecular complexity index is 294. The molecule has 0 heterocycles. The van der Waals surface area contributed by atoms with Crippen LogP contribution in [0.5, 0.6) is 5.75 Å². The van der Waals surface area contributed by atoms with Crippen LogP contribution in [-0.2, 0) is 0 Å². The molecule has 1 aromatic rings. The van der Waals surface area contributed by atoms with Crippen molar-refractivity contribution in [3.63, 3.8) is 0 Å². The molecule has 1 rings (SSSR count). The van der Waals surface area contributed by atoms with Crippen molar-refractivity contribution in [3.05, 3.63) is 24.3 Å². The fourth-order valence-corrected chi connectivity index (χ4v) is 3.85. The summed E-state index contributed by atoms with van der Waals surface area (Å²) in [6.07, 6.45) is 0. The summed E-state index contributed by atoms with van der Waals surface area (Å²) >= 11 is 1.92. The Morgan fingerprint density at radius 3 is 2.43 bits per heavy atom. The lowest BCUT2D eigenvalue weighted by atomic mass is 10.3. The van der Waals surface area contributed by atoms with Crippen molar-refractivity contribution in [2.24, 2.45) is 0 Å². The number of ether oxygens (including phenoxy) is 1. The van der Waals surface area contributed by atoms with Crippen molar-refractivity contribution in [2.75, 3.05) is 12.5 Å². The van der Waals surface area contributed by atoms with E-state index in [1.807, 2.05) is 23.9 Å². The normalized spacial score (nSPS) is 11.4. The van der Waals surface area contributed by atoms with Crippen LogP contribution < -0.4 is 4.74 Å². The van der Waals surface area contributed by atoms with Crippen molar-refractivity contribution >= 4 is 19.8 Å². The number of hydrogen-bond donors (Lipinski definition) is 0. The average molecular weight is 226 g/mol. The lowest BCUT2D eigenvalue weighted by Crippen LogP contribution is -2.23. The van der Waals surface area contributed by atoms with Gasteiger partial charge in [-0.1, -0.05) is 31.8 Å². The SMILES string of the molecule is COc1ccccc1SC[Si](C)(C)C. The summed E-state index contributed by atoms with van der Waals surface area (Å²) in [5.74, 6) is 0.996. The zero-order chi connectivity index (χ0) is 10.6. The van der Waals surface area contributed by atoms with Gasteiger partial charge in [0.15, 0.2) is 0 Å². The third-order valence-corrected chi connectivity index (χ3v) is 6.42. The highest BCUT2D eigenvalue weighted by atomic mass is 32.2. The molecule has 14 heavy (non-hydrogen) atoms. The number of thioether (sulfide) groups is 1. The predicted molar refractivity (Wildman–Crippen MR) is 67.1 cm³/mol. The van der Waals surface area contributed by atoms with Crippen molar-refractivity contribution in [3.8, 4) is 5.75 Å². The third kappa shape index (κ3) is 3.76. The Labute approximate surface area is 91.9 Å². The lowest BCUT2D eigenvalue weighted by molar-refractivity contribution is 0.405. The molecule has 0 atom stereocenters. The van der Waals surface area contributed by atoms with Gasteiger partial charge in [-0.05, 0) is 17.5 Å². The largest absolute Gasteiger partial charge is 0.496 e. The molecule has 0 aliphatic heterocycles. The van der Waals surface area contributed by atoms with Crippen molar-refractivity contribution < 1.29 is 4.74 Å². The average Bonchev–Trinajstić information content (AvgIpc) is 2.14. The van der Waals surface area contributed by atoms with E-state index in [-0.39, 0.29) is 0 Å². The molecule has 0 aromatic heterocycles. The Hall–Kier alpha value is -0.413. The van der Waals surface area contributed by atoms with Gasteiger partial charge in [0.05, 0.1) is 15.2 Å². The van der Waals surface area contributed by atoms with Crippen LogP contribution in [0.15, 0.2) is 29.2 Å². The van der Waals surface area contributed by atoms with E-state index in [4.69, 9.17) is 4.74 Å². The molecule has 0 saturated carbocycles. The first-order valence-corrected chi connectivity index (χ1v) is 9.48. The van der Waals surface area contributed by atoms with Gasteiger partial charge in [0.25, 0.3) is 0 Å². The number of benzene rings is 1. The molecule has 0 aliphatic rings. The number of rotatable bonds is 4. The van der Waals surface area contributed by atoms with Gasteiger partial charge in [-0.15, -0.1) is 11.8 Å². The third-order valence-electron chi connectivity index (χ3n) is 1.73. The van der Waals surface area contributed by atoms with E-state index in [1.165, 1.54) is 10.3 Å². The highest BCUT2D eigenvalue weighted by Gasteiger charge is 2.14. The minimum atomic E-state index is -0.968. The Morgan fingerprint density at radius 1 is 1.21 bits per heavy atom. The van der Waals surface area contributed by atoms with Crippen LogP contribution in [-0.4, -0.2) is 20.6 Å². The van der Waals surface area contributed by atoms with Gasteiger partial charge in [-0.3, -0.25) is 0 Å². The summed E-state index contributed by atoms with van der Waals surface area (Å²) in [4.78, 5) is 1.26. The summed E-state index contributed by atoms with van der Waals surface area (Å²) in [5.41, 5.74) is 0. The second-order valence-corrected chi connectivity index (χ2v) is 11.5. The topological polar surface area (TPSA) is 9.23 Å². The molecule has 0 radical (unpaired) electrons. The van der Waals surface area contributed by atoms with E-state index in [0.717, 1.165) is 5.75 Å². The van der Waals surface area contributed by atoms with Crippen molar-refractivity contribution in [1.29, 1.82) is 0 Å². The maximum Gasteiger partial charge on any atom is 0.132 e. The fraction of sp³-hybridized carbons (Fsp3) is 0.455. The van der Waals surface area contributed by atoms with Gasteiger partial charge in [0, 0.05) is 4.90 Å². The van der Waals surface area contributed by atoms with Crippen LogP contribution in [0, 0.1) is 0 Å². The summed E-state index contributed by atoms with van der Waals surface area (Å²) in [7, 11) is 0.762. The van der Waals surface area contributed by atoms with Crippen LogP contribution >= 0.6 is 11.8 Å². The van der Waals surface area contributed by atoms with Crippen LogP contribution in [0.25, 0.3) is 0 Å². The van der Waals surface area contributed by atoms with Gasteiger partial charge >= 0.3 is 0 Å². The molecule has 78 valence electrons. The Morgan fingerprint density at radius 2 is 1.86 bits per heavy atom.